The Morgan fingerprint density at radius 1 is 0.632 bits per heavy atom. The second kappa shape index (κ2) is 3.51. The number of fused-ring (bicyclic) bond motifs is 6. The first-order chi connectivity index (χ1) is 9.16. The molecule has 0 spiro atoms. The SMILES string of the molecule is C[Si]1(C)Oc2c(c3ccccc3c3ccccc23)O1. The molecule has 19 heavy (non-hydrogen) atoms. The van der Waals surface area contributed by atoms with E-state index in [0.717, 1.165) is 22.3 Å². The van der Waals surface area contributed by atoms with E-state index in [9.17, 15) is 0 Å². The van der Waals surface area contributed by atoms with Gasteiger partial charge in [0.05, 0.1) is 0 Å². The summed E-state index contributed by atoms with van der Waals surface area (Å²) in [5, 5.41) is 4.75. The van der Waals surface area contributed by atoms with Gasteiger partial charge >= 0.3 is 8.56 Å². The van der Waals surface area contributed by atoms with E-state index in [1.165, 1.54) is 10.8 Å². The molecule has 0 bridgehead atoms. The third-order valence-electron chi connectivity index (χ3n) is 3.54. The molecule has 3 heteroatoms. The predicted octanol–water partition coefficient (Wildman–Crippen LogP) is 4.47. The van der Waals surface area contributed by atoms with Crippen molar-refractivity contribution in [1.82, 2.24) is 0 Å². The van der Waals surface area contributed by atoms with Gasteiger partial charge in [0.15, 0.2) is 11.5 Å². The van der Waals surface area contributed by atoms with E-state index < -0.39 is 8.56 Å². The maximum absolute atomic E-state index is 6.13. The van der Waals surface area contributed by atoms with Crippen molar-refractivity contribution in [2.24, 2.45) is 0 Å². The van der Waals surface area contributed by atoms with Crippen LogP contribution in [0.25, 0.3) is 21.5 Å². The summed E-state index contributed by atoms with van der Waals surface area (Å²) in [6.45, 7) is 4.16. The highest BCUT2D eigenvalue weighted by Gasteiger charge is 2.39. The van der Waals surface area contributed by atoms with Crippen molar-refractivity contribution in [2.45, 2.75) is 13.1 Å². The maximum Gasteiger partial charge on any atom is 0.454 e. The predicted molar refractivity (Wildman–Crippen MR) is 80.2 cm³/mol. The molecule has 0 atom stereocenters. The number of hydrogen-bond acceptors (Lipinski definition) is 2. The topological polar surface area (TPSA) is 18.5 Å². The molecule has 2 nitrogen and oxygen atoms in total. The quantitative estimate of drug-likeness (QED) is 0.441. The lowest BCUT2D eigenvalue weighted by molar-refractivity contribution is 0.476. The van der Waals surface area contributed by atoms with Gasteiger partial charge in [-0.3, -0.25) is 0 Å². The minimum Gasteiger partial charge on any atom is -0.509 e. The van der Waals surface area contributed by atoms with Gasteiger partial charge in [0.1, 0.15) is 0 Å². The van der Waals surface area contributed by atoms with Crippen molar-refractivity contribution in [3.05, 3.63) is 48.5 Å². The van der Waals surface area contributed by atoms with Gasteiger partial charge in [-0.1, -0.05) is 48.5 Å². The molecule has 0 saturated heterocycles. The number of benzene rings is 3. The summed E-state index contributed by atoms with van der Waals surface area (Å²) in [7, 11) is -2.08. The normalized spacial score (nSPS) is 16.1. The van der Waals surface area contributed by atoms with Crippen LogP contribution in [0.3, 0.4) is 0 Å². The van der Waals surface area contributed by atoms with Crippen LogP contribution >= 0.6 is 0 Å². The fourth-order valence-corrected chi connectivity index (χ4v) is 4.22. The second-order valence-corrected chi connectivity index (χ2v) is 8.56. The molecule has 0 saturated carbocycles. The van der Waals surface area contributed by atoms with Crippen LogP contribution in [-0.4, -0.2) is 8.56 Å². The Morgan fingerprint density at radius 2 is 1.00 bits per heavy atom. The Morgan fingerprint density at radius 3 is 1.42 bits per heavy atom. The van der Waals surface area contributed by atoms with Crippen molar-refractivity contribution in [2.75, 3.05) is 0 Å². The van der Waals surface area contributed by atoms with E-state index in [2.05, 4.69) is 49.5 Å². The fourth-order valence-electron chi connectivity index (χ4n) is 2.79. The monoisotopic (exact) mass is 266 g/mol. The maximum atomic E-state index is 6.13. The molecular formula is C16H14O2Si. The van der Waals surface area contributed by atoms with Crippen molar-refractivity contribution in [3.63, 3.8) is 0 Å². The molecule has 1 aliphatic rings. The van der Waals surface area contributed by atoms with E-state index in [0.29, 0.717) is 0 Å². The zero-order chi connectivity index (χ0) is 13.0. The molecule has 0 N–H and O–H groups in total. The van der Waals surface area contributed by atoms with Crippen LogP contribution in [0.2, 0.25) is 13.1 Å². The highest BCUT2D eigenvalue weighted by molar-refractivity contribution is 6.67. The van der Waals surface area contributed by atoms with Crippen LogP contribution < -0.4 is 8.85 Å². The Kier molecular flexibility index (Phi) is 2.01. The molecule has 0 fully saturated rings. The van der Waals surface area contributed by atoms with Gasteiger partial charge in [-0.25, -0.2) is 0 Å². The molecule has 1 aliphatic heterocycles. The lowest BCUT2D eigenvalue weighted by Crippen LogP contribution is -2.36. The molecule has 3 aromatic rings. The van der Waals surface area contributed by atoms with Crippen molar-refractivity contribution < 1.29 is 8.85 Å². The highest BCUT2D eigenvalue weighted by Crippen LogP contribution is 2.48. The number of hydrogen-bond donors (Lipinski definition) is 0. The molecule has 94 valence electrons. The summed E-state index contributed by atoms with van der Waals surface area (Å²) in [6, 6.07) is 16.8. The van der Waals surface area contributed by atoms with Gasteiger partial charge in [0.25, 0.3) is 0 Å². The van der Waals surface area contributed by atoms with Crippen LogP contribution in [-0.2, 0) is 0 Å². The molecule has 0 amide bonds. The first kappa shape index (κ1) is 10.9. The Bertz CT molecular complexity index is 742. The molecular weight excluding hydrogens is 252 g/mol. The summed E-state index contributed by atoms with van der Waals surface area (Å²) in [5.74, 6) is 1.84. The largest absolute Gasteiger partial charge is 0.509 e. The zero-order valence-corrected chi connectivity index (χ0v) is 11.9. The molecule has 0 aromatic heterocycles. The molecule has 1 heterocycles. The first-order valence-corrected chi connectivity index (χ1v) is 9.29. The van der Waals surface area contributed by atoms with Gasteiger partial charge in [-0.05, 0) is 10.8 Å². The van der Waals surface area contributed by atoms with Crippen molar-refractivity contribution in [3.8, 4) is 11.5 Å². The lowest BCUT2D eigenvalue weighted by atomic mass is 10.0. The van der Waals surface area contributed by atoms with Crippen LogP contribution in [0.1, 0.15) is 0 Å². The summed E-state index contributed by atoms with van der Waals surface area (Å²) >= 11 is 0. The fraction of sp³-hybridized carbons (Fsp3) is 0.125. The minimum absolute atomic E-state index is 0.922. The molecule has 4 rings (SSSR count). The van der Waals surface area contributed by atoms with Crippen LogP contribution in [0.5, 0.6) is 11.5 Å². The van der Waals surface area contributed by atoms with E-state index in [4.69, 9.17) is 8.85 Å². The smallest absolute Gasteiger partial charge is 0.454 e. The second-order valence-electron chi connectivity index (χ2n) is 5.35. The highest BCUT2D eigenvalue weighted by atomic mass is 28.4. The average molecular weight is 266 g/mol. The lowest BCUT2D eigenvalue weighted by Gasteiger charge is -2.12. The van der Waals surface area contributed by atoms with Crippen molar-refractivity contribution >= 4 is 30.1 Å². The van der Waals surface area contributed by atoms with Crippen LogP contribution in [0.4, 0.5) is 0 Å². The Hall–Kier alpha value is -2.00. The van der Waals surface area contributed by atoms with Gasteiger partial charge < -0.3 is 8.85 Å². The van der Waals surface area contributed by atoms with E-state index in [-0.39, 0.29) is 0 Å². The Labute approximate surface area is 112 Å². The first-order valence-electron chi connectivity index (χ1n) is 6.47. The summed E-state index contributed by atoms with van der Waals surface area (Å²) in [4.78, 5) is 0. The van der Waals surface area contributed by atoms with Gasteiger partial charge in [0.2, 0.25) is 0 Å². The van der Waals surface area contributed by atoms with Gasteiger partial charge in [-0.2, -0.15) is 0 Å². The van der Waals surface area contributed by atoms with Gasteiger partial charge in [0, 0.05) is 23.9 Å². The van der Waals surface area contributed by atoms with E-state index in [1.807, 2.05) is 12.1 Å². The molecule has 0 aliphatic carbocycles. The summed E-state index contributed by atoms with van der Waals surface area (Å²) < 4.78 is 12.3. The van der Waals surface area contributed by atoms with Crippen LogP contribution in [0, 0.1) is 0 Å². The number of rotatable bonds is 0. The summed E-state index contributed by atoms with van der Waals surface area (Å²) in [6.07, 6.45) is 0. The summed E-state index contributed by atoms with van der Waals surface area (Å²) in [5.41, 5.74) is 0. The Balaban J connectivity index is 2.24. The van der Waals surface area contributed by atoms with E-state index in [1.54, 1.807) is 0 Å². The molecule has 0 radical (unpaired) electrons. The standard InChI is InChI=1S/C16H14O2Si/c1-19(2)17-15-13-9-5-3-7-11(13)12-8-4-6-10-14(12)16(15)18-19/h3-10H,1-2H3. The molecule has 0 unspecified atom stereocenters. The third kappa shape index (κ3) is 1.48. The molecule has 3 aromatic carbocycles. The zero-order valence-electron chi connectivity index (χ0n) is 10.9. The van der Waals surface area contributed by atoms with E-state index >= 15 is 0 Å². The van der Waals surface area contributed by atoms with Gasteiger partial charge in [-0.15, -0.1) is 0 Å². The third-order valence-corrected chi connectivity index (χ3v) is 4.93. The average Bonchev–Trinajstić information content (AvgIpc) is 2.75. The van der Waals surface area contributed by atoms with Crippen molar-refractivity contribution in [1.29, 1.82) is 0 Å². The van der Waals surface area contributed by atoms with Crippen LogP contribution in [0.15, 0.2) is 48.5 Å². The minimum atomic E-state index is -2.08.